The molecule has 0 heterocycles. The average Bonchev–Trinajstić information content (AvgIpc) is 2.38. The number of rotatable bonds is 7. The number of halogens is 2. The Bertz CT molecular complexity index is 548. The van der Waals surface area contributed by atoms with E-state index < -0.39 is 15.8 Å². The molecule has 1 rings (SSSR count). The summed E-state index contributed by atoms with van der Waals surface area (Å²) in [7, 11) is -3.61. The van der Waals surface area contributed by atoms with Gasteiger partial charge < -0.3 is 0 Å². The molecule has 1 unspecified atom stereocenters. The van der Waals surface area contributed by atoms with E-state index >= 15 is 0 Å². The van der Waals surface area contributed by atoms with E-state index in [9.17, 15) is 12.8 Å². The van der Waals surface area contributed by atoms with Crippen molar-refractivity contribution in [3.63, 3.8) is 0 Å². The first kappa shape index (κ1) is 17.6. The molecule has 0 aromatic heterocycles. The van der Waals surface area contributed by atoms with Crippen molar-refractivity contribution < 1.29 is 12.8 Å². The summed E-state index contributed by atoms with van der Waals surface area (Å²) in [6, 6.07) is 3.59. The molecule has 0 amide bonds. The molecule has 1 aromatic rings. The van der Waals surface area contributed by atoms with E-state index in [4.69, 9.17) is 0 Å². The first-order chi connectivity index (χ1) is 9.34. The Morgan fingerprint density at radius 1 is 1.35 bits per heavy atom. The molecular weight excluding hydrogens is 345 g/mol. The Kier molecular flexibility index (Phi) is 6.61. The van der Waals surface area contributed by atoms with Gasteiger partial charge in [-0.1, -0.05) is 20.3 Å². The lowest BCUT2D eigenvalue weighted by molar-refractivity contribution is 0.324. The van der Waals surface area contributed by atoms with Crippen molar-refractivity contribution in [2.24, 2.45) is 0 Å². The van der Waals surface area contributed by atoms with Gasteiger partial charge in [0.15, 0.2) is 0 Å². The normalized spacial score (nSPS) is 13.7. The fourth-order valence-electron chi connectivity index (χ4n) is 1.91. The zero-order chi connectivity index (χ0) is 15.3. The molecule has 0 aliphatic carbocycles. The van der Waals surface area contributed by atoms with Crippen LogP contribution in [-0.4, -0.2) is 25.3 Å². The van der Waals surface area contributed by atoms with Crippen LogP contribution in [0.25, 0.3) is 0 Å². The summed E-state index contributed by atoms with van der Waals surface area (Å²) in [5.41, 5.74) is 0. The third-order valence-electron chi connectivity index (χ3n) is 3.30. The molecule has 114 valence electrons. The van der Waals surface area contributed by atoms with Crippen LogP contribution in [0.4, 0.5) is 4.39 Å². The number of benzene rings is 1. The van der Waals surface area contributed by atoms with Gasteiger partial charge in [0.1, 0.15) is 5.82 Å². The van der Waals surface area contributed by atoms with Crippen LogP contribution in [0.5, 0.6) is 0 Å². The standard InChI is InChI=1S/C14H21BrFNO2S/c1-4-6-9-17(11(3)5-2)20(18,19)14-8-7-12(16)10-13(14)15/h7-8,10-11H,4-6,9H2,1-3H3. The largest absolute Gasteiger partial charge is 0.244 e. The molecule has 0 saturated heterocycles. The maximum Gasteiger partial charge on any atom is 0.244 e. The van der Waals surface area contributed by atoms with E-state index in [0.717, 1.165) is 19.3 Å². The number of unbranched alkanes of at least 4 members (excludes halogenated alkanes) is 1. The van der Waals surface area contributed by atoms with Crippen molar-refractivity contribution in [3.8, 4) is 0 Å². The van der Waals surface area contributed by atoms with Crippen LogP contribution >= 0.6 is 15.9 Å². The van der Waals surface area contributed by atoms with Gasteiger partial charge in [0.25, 0.3) is 0 Å². The number of nitrogens with zero attached hydrogens (tertiary/aromatic N) is 1. The molecule has 6 heteroatoms. The average molecular weight is 366 g/mol. The summed E-state index contributed by atoms with van der Waals surface area (Å²) in [5.74, 6) is -0.459. The second kappa shape index (κ2) is 7.52. The lowest BCUT2D eigenvalue weighted by Crippen LogP contribution is -2.39. The van der Waals surface area contributed by atoms with Crippen LogP contribution < -0.4 is 0 Å². The zero-order valence-corrected chi connectivity index (χ0v) is 14.5. The highest BCUT2D eigenvalue weighted by molar-refractivity contribution is 9.10. The summed E-state index contributed by atoms with van der Waals surface area (Å²) in [6.07, 6.45) is 2.47. The Morgan fingerprint density at radius 2 is 2.00 bits per heavy atom. The van der Waals surface area contributed by atoms with Crippen molar-refractivity contribution in [2.45, 2.75) is 51.0 Å². The molecule has 0 aliphatic heterocycles. The third kappa shape index (κ3) is 4.02. The van der Waals surface area contributed by atoms with Crippen LogP contribution in [0.15, 0.2) is 27.6 Å². The minimum absolute atomic E-state index is 0.0801. The van der Waals surface area contributed by atoms with Gasteiger partial charge in [0.05, 0.1) is 4.90 Å². The van der Waals surface area contributed by atoms with Gasteiger partial charge in [0, 0.05) is 17.1 Å². The summed E-state index contributed by atoms with van der Waals surface area (Å²) in [5, 5.41) is 0. The Morgan fingerprint density at radius 3 is 2.50 bits per heavy atom. The predicted molar refractivity (Wildman–Crippen MR) is 82.7 cm³/mol. The van der Waals surface area contributed by atoms with Crippen LogP contribution in [0.2, 0.25) is 0 Å². The highest BCUT2D eigenvalue weighted by atomic mass is 79.9. The van der Waals surface area contributed by atoms with Gasteiger partial charge in [-0.15, -0.1) is 0 Å². The molecule has 0 spiro atoms. The van der Waals surface area contributed by atoms with Crippen LogP contribution in [0.3, 0.4) is 0 Å². The minimum atomic E-state index is -3.61. The monoisotopic (exact) mass is 365 g/mol. The molecule has 0 saturated carbocycles. The van der Waals surface area contributed by atoms with Crippen molar-refractivity contribution in [1.29, 1.82) is 0 Å². The topological polar surface area (TPSA) is 37.4 Å². The zero-order valence-electron chi connectivity index (χ0n) is 12.1. The van der Waals surface area contributed by atoms with Crippen LogP contribution in [-0.2, 0) is 10.0 Å². The van der Waals surface area contributed by atoms with E-state index in [1.54, 1.807) is 0 Å². The molecule has 1 atom stereocenters. The van der Waals surface area contributed by atoms with Gasteiger partial charge in [0.2, 0.25) is 10.0 Å². The molecular formula is C14H21BrFNO2S. The fraction of sp³-hybridized carbons (Fsp3) is 0.571. The van der Waals surface area contributed by atoms with Gasteiger partial charge in [-0.2, -0.15) is 4.31 Å². The first-order valence-corrected chi connectivity index (χ1v) is 9.04. The van der Waals surface area contributed by atoms with E-state index in [1.807, 2.05) is 20.8 Å². The summed E-state index contributed by atoms with van der Waals surface area (Å²) < 4.78 is 40.4. The van der Waals surface area contributed by atoms with Crippen molar-refractivity contribution in [2.75, 3.05) is 6.54 Å². The molecule has 0 radical (unpaired) electrons. The number of hydrogen-bond acceptors (Lipinski definition) is 2. The first-order valence-electron chi connectivity index (χ1n) is 6.81. The third-order valence-corrected chi connectivity index (χ3v) is 6.29. The van der Waals surface area contributed by atoms with Gasteiger partial charge >= 0.3 is 0 Å². The van der Waals surface area contributed by atoms with E-state index in [0.29, 0.717) is 6.54 Å². The van der Waals surface area contributed by atoms with Crippen LogP contribution in [0, 0.1) is 5.82 Å². The number of sulfonamides is 1. The van der Waals surface area contributed by atoms with Crippen molar-refractivity contribution in [1.82, 2.24) is 4.31 Å². The molecule has 20 heavy (non-hydrogen) atoms. The predicted octanol–water partition coefficient (Wildman–Crippen LogP) is 4.18. The molecule has 3 nitrogen and oxygen atoms in total. The quantitative estimate of drug-likeness (QED) is 0.726. The molecule has 0 aliphatic rings. The summed E-state index contributed by atoms with van der Waals surface area (Å²) >= 11 is 3.14. The van der Waals surface area contributed by atoms with Crippen LogP contribution in [0.1, 0.15) is 40.0 Å². The molecule has 0 bridgehead atoms. The second-order valence-electron chi connectivity index (χ2n) is 4.80. The molecule has 0 fully saturated rings. The lowest BCUT2D eigenvalue weighted by Gasteiger charge is -2.28. The van der Waals surface area contributed by atoms with Gasteiger partial charge in [-0.3, -0.25) is 0 Å². The van der Waals surface area contributed by atoms with Gasteiger partial charge in [-0.25, -0.2) is 12.8 Å². The highest BCUT2D eigenvalue weighted by Gasteiger charge is 2.29. The SMILES string of the molecule is CCCCN(C(C)CC)S(=O)(=O)c1ccc(F)cc1Br. The Labute approximate surface area is 129 Å². The highest BCUT2D eigenvalue weighted by Crippen LogP contribution is 2.27. The fourth-order valence-corrected chi connectivity index (χ4v) is 4.66. The summed E-state index contributed by atoms with van der Waals surface area (Å²) in [6.45, 7) is 6.36. The van der Waals surface area contributed by atoms with Crippen molar-refractivity contribution in [3.05, 3.63) is 28.5 Å². The van der Waals surface area contributed by atoms with Gasteiger partial charge in [-0.05, 0) is 53.9 Å². The second-order valence-corrected chi connectivity index (χ2v) is 7.51. The van der Waals surface area contributed by atoms with E-state index in [-0.39, 0.29) is 15.4 Å². The minimum Gasteiger partial charge on any atom is -0.207 e. The smallest absolute Gasteiger partial charge is 0.207 e. The molecule has 0 N–H and O–H groups in total. The number of hydrogen-bond donors (Lipinski definition) is 0. The summed E-state index contributed by atoms with van der Waals surface area (Å²) in [4.78, 5) is 0.121. The van der Waals surface area contributed by atoms with E-state index in [2.05, 4.69) is 15.9 Å². The Balaban J connectivity index is 3.21. The van der Waals surface area contributed by atoms with Crippen molar-refractivity contribution >= 4 is 26.0 Å². The maximum atomic E-state index is 13.1. The molecule has 1 aromatic carbocycles. The maximum absolute atomic E-state index is 13.1. The Hall–Kier alpha value is -0.460. The van der Waals surface area contributed by atoms with E-state index in [1.165, 1.54) is 22.5 Å². The lowest BCUT2D eigenvalue weighted by atomic mass is 10.2.